The average molecular weight is 238 g/mol. The lowest BCUT2D eigenvalue weighted by atomic mass is 9.74. The lowest BCUT2D eigenvalue weighted by molar-refractivity contribution is 0.0541. The zero-order valence-corrected chi connectivity index (χ0v) is 12.0. The van der Waals surface area contributed by atoms with Gasteiger partial charge in [0.2, 0.25) is 0 Å². The third-order valence-corrected chi connectivity index (χ3v) is 5.51. The summed E-state index contributed by atoms with van der Waals surface area (Å²) in [5.41, 5.74) is 0.673. The van der Waals surface area contributed by atoms with E-state index in [1.807, 2.05) is 0 Å². The van der Waals surface area contributed by atoms with Gasteiger partial charge in [0.25, 0.3) is 0 Å². The van der Waals surface area contributed by atoms with Crippen molar-refractivity contribution in [2.24, 2.45) is 5.41 Å². The van der Waals surface area contributed by atoms with Gasteiger partial charge in [-0.15, -0.1) is 0 Å². The summed E-state index contributed by atoms with van der Waals surface area (Å²) in [6.45, 7) is 11.0. The van der Waals surface area contributed by atoms with Gasteiger partial charge in [0.05, 0.1) is 0 Å². The highest BCUT2D eigenvalue weighted by Crippen LogP contribution is 2.38. The van der Waals surface area contributed by atoms with Gasteiger partial charge in [0, 0.05) is 18.6 Å². The van der Waals surface area contributed by atoms with Crippen molar-refractivity contribution >= 4 is 0 Å². The van der Waals surface area contributed by atoms with Crippen molar-refractivity contribution in [3.63, 3.8) is 0 Å². The number of nitrogens with zero attached hydrogens (tertiary/aromatic N) is 1. The van der Waals surface area contributed by atoms with Crippen LogP contribution < -0.4 is 5.32 Å². The molecule has 0 radical (unpaired) electrons. The van der Waals surface area contributed by atoms with Crippen LogP contribution in [0.3, 0.4) is 0 Å². The van der Waals surface area contributed by atoms with Crippen LogP contribution in [0, 0.1) is 5.41 Å². The predicted octanol–water partition coefficient (Wildman–Crippen LogP) is 3.03. The summed E-state index contributed by atoms with van der Waals surface area (Å²) in [4.78, 5) is 2.75. The van der Waals surface area contributed by atoms with Gasteiger partial charge in [-0.25, -0.2) is 0 Å². The average Bonchev–Trinajstić information content (AvgIpc) is 2.40. The molecule has 2 aliphatic rings. The Kier molecular flexibility index (Phi) is 4.48. The molecule has 2 fully saturated rings. The number of hydrogen-bond acceptors (Lipinski definition) is 2. The van der Waals surface area contributed by atoms with E-state index in [9.17, 15) is 0 Å². The van der Waals surface area contributed by atoms with Gasteiger partial charge in [0.15, 0.2) is 0 Å². The first-order valence-electron chi connectivity index (χ1n) is 7.66. The van der Waals surface area contributed by atoms with Crippen molar-refractivity contribution in [3.8, 4) is 0 Å². The van der Waals surface area contributed by atoms with Crippen LogP contribution in [0.2, 0.25) is 0 Å². The van der Waals surface area contributed by atoms with Crippen molar-refractivity contribution in [3.05, 3.63) is 0 Å². The third-order valence-electron chi connectivity index (χ3n) is 5.51. The fourth-order valence-corrected chi connectivity index (χ4v) is 3.62. The van der Waals surface area contributed by atoms with Crippen LogP contribution in [0.15, 0.2) is 0 Å². The Hall–Kier alpha value is -0.0800. The zero-order chi connectivity index (χ0) is 12.3. The van der Waals surface area contributed by atoms with Gasteiger partial charge in [-0.1, -0.05) is 26.7 Å². The molecule has 0 saturated carbocycles. The van der Waals surface area contributed by atoms with Crippen molar-refractivity contribution in [2.45, 2.75) is 71.4 Å². The second kappa shape index (κ2) is 5.71. The van der Waals surface area contributed by atoms with Crippen LogP contribution in [-0.4, -0.2) is 36.6 Å². The molecule has 0 amide bonds. The minimum atomic E-state index is 0.673. The topological polar surface area (TPSA) is 15.3 Å². The van der Waals surface area contributed by atoms with E-state index in [2.05, 4.69) is 31.0 Å². The van der Waals surface area contributed by atoms with Crippen LogP contribution in [0.5, 0.6) is 0 Å². The largest absolute Gasteiger partial charge is 0.313 e. The van der Waals surface area contributed by atoms with E-state index in [0.29, 0.717) is 5.41 Å². The summed E-state index contributed by atoms with van der Waals surface area (Å²) >= 11 is 0. The minimum absolute atomic E-state index is 0.673. The monoisotopic (exact) mass is 238 g/mol. The molecule has 100 valence electrons. The first kappa shape index (κ1) is 13.4. The van der Waals surface area contributed by atoms with Gasteiger partial charge in [0.1, 0.15) is 0 Å². The summed E-state index contributed by atoms with van der Waals surface area (Å²) in [5, 5.41) is 3.64. The van der Waals surface area contributed by atoms with Gasteiger partial charge in [-0.2, -0.15) is 0 Å². The second-order valence-electron chi connectivity index (χ2n) is 6.28. The molecular weight excluding hydrogens is 208 g/mol. The maximum absolute atomic E-state index is 3.64. The first-order chi connectivity index (χ1) is 8.19. The highest BCUT2D eigenvalue weighted by molar-refractivity contribution is 4.89. The van der Waals surface area contributed by atoms with E-state index in [1.54, 1.807) is 0 Å². The maximum Gasteiger partial charge on any atom is 0.0221 e. The Morgan fingerprint density at radius 3 is 2.24 bits per heavy atom. The molecule has 0 spiro atoms. The summed E-state index contributed by atoms with van der Waals surface area (Å²) in [7, 11) is 0. The Morgan fingerprint density at radius 1 is 1.12 bits per heavy atom. The molecule has 2 atom stereocenters. The van der Waals surface area contributed by atoms with Gasteiger partial charge in [-0.05, 0) is 51.1 Å². The van der Waals surface area contributed by atoms with Crippen LogP contribution in [-0.2, 0) is 0 Å². The summed E-state index contributed by atoms with van der Waals surface area (Å²) in [6, 6.07) is 1.55. The Labute approximate surface area is 107 Å². The maximum atomic E-state index is 3.64. The molecule has 2 rings (SSSR count). The molecule has 2 nitrogen and oxygen atoms in total. The number of likely N-dealkylation sites (tertiary alicyclic amines) is 1. The summed E-state index contributed by atoms with van der Waals surface area (Å²) in [6.07, 6.45) is 8.35. The highest BCUT2D eigenvalue weighted by Gasteiger charge is 2.34. The van der Waals surface area contributed by atoms with Crippen molar-refractivity contribution in [1.82, 2.24) is 10.2 Å². The zero-order valence-electron chi connectivity index (χ0n) is 12.0. The number of rotatable bonds is 3. The lowest BCUT2D eigenvalue weighted by Gasteiger charge is -2.45. The molecular formula is C15H30N2. The van der Waals surface area contributed by atoms with Crippen molar-refractivity contribution in [2.75, 3.05) is 19.6 Å². The quantitative estimate of drug-likeness (QED) is 0.813. The van der Waals surface area contributed by atoms with Crippen LogP contribution in [0.25, 0.3) is 0 Å². The van der Waals surface area contributed by atoms with Crippen molar-refractivity contribution in [1.29, 1.82) is 0 Å². The van der Waals surface area contributed by atoms with E-state index >= 15 is 0 Å². The van der Waals surface area contributed by atoms with E-state index in [0.717, 1.165) is 12.1 Å². The van der Waals surface area contributed by atoms with Crippen LogP contribution in [0.1, 0.15) is 59.3 Å². The number of hydrogen-bond donors (Lipinski definition) is 1. The molecule has 2 saturated heterocycles. The molecule has 0 bridgehead atoms. The first-order valence-corrected chi connectivity index (χ1v) is 7.66. The molecule has 2 heterocycles. The molecule has 0 aromatic rings. The third kappa shape index (κ3) is 3.03. The fourth-order valence-electron chi connectivity index (χ4n) is 3.62. The van der Waals surface area contributed by atoms with Gasteiger partial charge in [-0.3, -0.25) is 4.90 Å². The van der Waals surface area contributed by atoms with Crippen molar-refractivity contribution < 1.29 is 0 Å². The number of nitrogens with one attached hydrogen (secondary N) is 1. The molecule has 1 N–H and O–H groups in total. The summed E-state index contributed by atoms with van der Waals surface area (Å²) < 4.78 is 0. The van der Waals surface area contributed by atoms with E-state index < -0.39 is 0 Å². The van der Waals surface area contributed by atoms with Gasteiger partial charge < -0.3 is 5.32 Å². The predicted molar refractivity (Wildman–Crippen MR) is 74.3 cm³/mol. The van der Waals surface area contributed by atoms with Crippen LogP contribution in [0.4, 0.5) is 0 Å². The SMILES string of the molecule is CCC1(CC)CCN(C2CCC(C)NC2)CC1. The Morgan fingerprint density at radius 2 is 1.76 bits per heavy atom. The lowest BCUT2D eigenvalue weighted by Crippen LogP contribution is -2.52. The van der Waals surface area contributed by atoms with Gasteiger partial charge >= 0.3 is 0 Å². The summed E-state index contributed by atoms with van der Waals surface area (Å²) in [5.74, 6) is 0. The highest BCUT2D eigenvalue weighted by atomic mass is 15.2. The minimum Gasteiger partial charge on any atom is -0.313 e. The molecule has 0 aromatic heterocycles. The van der Waals surface area contributed by atoms with E-state index in [4.69, 9.17) is 0 Å². The van der Waals surface area contributed by atoms with Crippen LogP contribution >= 0.6 is 0 Å². The molecule has 2 unspecified atom stereocenters. The Balaban J connectivity index is 1.82. The van der Waals surface area contributed by atoms with E-state index in [-0.39, 0.29) is 0 Å². The molecule has 2 aliphatic heterocycles. The molecule has 17 heavy (non-hydrogen) atoms. The molecule has 0 aliphatic carbocycles. The molecule has 0 aromatic carbocycles. The molecule has 2 heteroatoms. The Bertz CT molecular complexity index is 217. The number of piperidine rings is 2. The second-order valence-corrected chi connectivity index (χ2v) is 6.28. The fraction of sp³-hybridized carbons (Fsp3) is 1.00. The smallest absolute Gasteiger partial charge is 0.0221 e. The van der Waals surface area contributed by atoms with E-state index in [1.165, 1.54) is 58.2 Å². The standard InChI is InChI=1S/C15H30N2/c1-4-15(5-2)8-10-17(11-9-15)14-7-6-13(3)16-12-14/h13-14,16H,4-12H2,1-3H3. The normalized spacial score (nSPS) is 34.8.